The zero-order valence-electron chi connectivity index (χ0n) is 17.3. The van der Waals surface area contributed by atoms with Crippen LogP contribution in [-0.2, 0) is 0 Å². The van der Waals surface area contributed by atoms with Crippen molar-refractivity contribution in [2.45, 2.75) is 53.4 Å². The fourth-order valence-corrected chi connectivity index (χ4v) is 3.07. The van der Waals surface area contributed by atoms with Gasteiger partial charge in [0.15, 0.2) is 11.5 Å². The van der Waals surface area contributed by atoms with Crippen LogP contribution >= 0.6 is 0 Å². The van der Waals surface area contributed by atoms with Crippen molar-refractivity contribution < 1.29 is 14.3 Å². The number of anilines is 1. The van der Waals surface area contributed by atoms with Gasteiger partial charge < -0.3 is 14.8 Å². The second kappa shape index (κ2) is 9.45. The molecule has 0 saturated heterocycles. The Bertz CT molecular complexity index is 755. The summed E-state index contributed by atoms with van der Waals surface area (Å²) in [5, 5.41) is 3.14. The number of rotatable bonds is 8. The predicted octanol–water partition coefficient (Wildman–Crippen LogP) is 5.98. The molecule has 2 aromatic carbocycles. The summed E-state index contributed by atoms with van der Waals surface area (Å²) in [7, 11) is 0. The topological polar surface area (TPSA) is 47.6 Å². The SMILES string of the molecule is CCOc1ccc(C(=O)Nc2c(C(C)C)cccc2C(C)C)cc1OCC. The van der Waals surface area contributed by atoms with Crippen LogP contribution in [0.3, 0.4) is 0 Å². The molecule has 0 aromatic heterocycles. The van der Waals surface area contributed by atoms with Crippen molar-refractivity contribution in [3.63, 3.8) is 0 Å². The van der Waals surface area contributed by atoms with Crippen LogP contribution in [0.4, 0.5) is 5.69 Å². The highest BCUT2D eigenvalue weighted by Gasteiger charge is 2.18. The van der Waals surface area contributed by atoms with E-state index in [1.54, 1.807) is 18.2 Å². The van der Waals surface area contributed by atoms with Gasteiger partial charge in [-0.2, -0.15) is 0 Å². The first-order chi connectivity index (χ1) is 12.9. The van der Waals surface area contributed by atoms with E-state index >= 15 is 0 Å². The fourth-order valence-electron chi connectivity index (χ4n) is 3.07. The number of hydrogen-bond donors (Lipinski definition) is 1. The summed E-state index contributed by atoms with van der Waals surface area (Å²) in [5.74, 6) is 1.74. The Kier molecular flexibility index (Phi) is 7.28. The lowest BCUT2D eigenvalue weighted by Gasteiger charge is -2.20. The number of carbonyl (C=O) groups is 1. The molecule has 1 N–H and O–H groups in total. The largest absolute Gasteiger partial charge is 0.490 e. The molecule has 0 aliphatic heterocycles. The van der Waals surface area contributed by atoms with Crippen LogP contribution in [0.2, 0.25) is 0 Å². The third-order valence-corrected chi connectivity index (χ3v) is 4.42. The molecule has 146 valence electrons. The maximum atomic E-state index is 13.0. The fraction of sp³-hybridized carbons (Fsp3) is 0.435. The summed E-state index contributed by atoms with van der Waals surface area (Å²) < 4.78 is 11.2. The Morgan fingerprint density at radius 1 is 0.889 bits per heavy atom. The molecule has 4 nitrogen and oxygen atoms in total. The van der Waals surface area contributed by atoms with Crippen LogP contribution in [0.15, 0.2) is 36.4 Å². The number of nitrogens with one attached hydrogen (secondary N) is 1. The first-order valence-corrected chi connectivity index (χ1v) is 9.72. The third-order valence-electron chi connectivity index (χ3n) is 4.42. The van der Waals surface area contributed by atoms with Gasteiger partial charge in [-0.3, -0.25) is 4.79 Å². The number of carbonyl (C=O) groups excluding carboxylic acids is 1. The maximum absolute atomic E-state index is 13.0. The second-order valence-corrected chi connectivity index (χ2v) is 7.10. The van der Waals surface area contributed by atoms with Crippen LogP contribution in [0.25, 0.3) is 0 Å². The van der Waals surface area contributed by atoms with E-state index in [9.17, 15) is 4.79 Å². The van der Waals surface area contributed by atoms with Crippen molar-refractivity contribution in [1.29, 1.82) is 0 Å². The van der Waals surface area contributed by atoms with Crippen LogP contribution in [-0.4, -0.2) is 19.1 Å². The summed E-state index contributed by atoms with van der Waals surface area (Å²) >= 11 is 0. The molecule has 1 amide bonds. The monoisotopic (exact) mass is 369 g/mol. The molecule has 2 aromatic rings. The van der Waals surface area contributed by atoms with E-state index in [0.717, 1.165) is 16.8 Å². The summed E-state index contributed by atoms with van der Waals surface area (Å²) in [5.41, 5.74) is 3.76. The van der Waals surface area contributed by atoms with Crippen LogP contribution in [0, 0.1) is 0 Å². The van der Waals surface area contributed by atoms with Crippen molar-refractivity contribution >= 4 is 11.6 Å². The van der Waals surface area contributed by atoms with E-state index in [2.05, 4.69) is 51.2 Å². The van der Waals surface area contributed by atoms with E-state index < -0.39 is 0 Å². The minimum absolute atomic E-state index is 0.144. The number of benzene rings is 2. The summed E-state index contributed by atoms with van der Waals surface area (Å²) in [6.45, 7) is 13.4. The van der Waals surface area contributed by atoms with Gasteiger partial charge in [-0.05, 0) is 55.0 Å². The van der Waals surface area contributed by atoms with Gasteiger partial charge in [0, 0.05) is 11.3 Å². The number of para-hydroxylation sites is 1. The molecule has 0 heterocycles. The summed E-state index contributed by atoms with van der Waals surface area (Å²) in [6.07, 6.45) is 0. The molecule has 0 atom stereocenters. The number of amides is 1. The van der Waals surface area contributed by atoms with Gasteiger partial charge in [-0.1, -0.05) is 45.9 Å². The quantitative estimate of drug-likeness (QED) is 0.622. The van der Waals surface area contributed by atoms with Crippen LogP contribution in [0.5, 0.6) is 11.5 Å². The van der Waals surface area contributed by atoms with Gasteiger partial charge in [0.2, 0.25) is 0 Å². The van der Waals surface area contributed by atoms with Gasteiger partial charge in [0.1, 0.15) is 0 Å². The van der Waals surface area contributed by atoms with Crippen molar-refractivity contribution in [3.05, 3.63) is 53.1 Å². The Labute approximate surface area is 162 Å². The van der Waals surface area contributed by atoms with Crippen LogP contribution < -0.4 is 14.8 Å². The lowest BCUT2D eigenvalue weighted by molar-refractivity contribution is 0.102. The molecule has 0 bridgehead atoms. The van der Waals surface area contributed by atoms with Gasteiger partial charge in [-0.25, -0.2) is 0 Å². The lowest BCUT2D eigenvalue weighted by atomic mass is 9.92. The molecule has 0 aliphatic rings. The smallest absolute Gasteiger partial charge is 0.255 e. The van der Waals surface area contributed by atoms with Gasteiger partial charge in [0.25, 0.3) is 5.91 Å². The minimum Gasteiger partial charge on any atom is -0.490 e. The first-order valence-electron chi connectivity index (χ1n) is 9.72. The molecule has 0 saturated carbocycles. The Balaban J connectivity index is 2.39. The van der Waals surface area contributed by atoms with Gasteiger partial charge in [-0.15, -0.1) is 0 Å². The molecule has 0 spiro atoms. The summed E-state index contributed by atoms with van der Waals surface area (Å²) in [4.78, 5) is 13.0. The Morgan fingerprint density at radius 3 is 1.96 bits per heavy atom. The van der Waals surface area contributed by atoms with Crippen molar-refractivity contribution in [3.8, 4) is 11.5 Å². The minimum atomic E-state index is -0.144. The van der Waals surface area contributed by atoms with E-state index in [-0.39, 0.29) is 5.91 Å². The zero-order chi connectivity index (χ0) is 20.0. The molecular formula is C23H31NO3. The van der Waals surface area contributed by atoms with Gasteiger partial charge in [0.05, 0.1) is 13.2 Å². The van der Waals surface area contributed by atoms with Gasteiger partial charge >= 0.3 is 0 Å². The maximum Gasteiger partial charge on any atom is 0.255 e. The summed E-state index contributed by atoms with van der Waals surface area (Å²) in [6, 6.07) is 11.5. The number of ether oxygens (including phenoxy) is 2. The highest BCUT2D eigenvalue weighted by molar-refractivity contribution is 6.05. The highest BCUT2D eigenvalue weighted by Crippen LogP contribution is 2.33. The Hall–Kier alpha value is -2.49. The normalized spacial score (nSPS) is 11.0. The molecule has 0 unspecified atom stereocenters. The molecule has 0 radical (unpaired) electrons. The predicted molar refractivity (Wildman–Crippen MR) is 111 cm³/mol. The molecule has 4 heteroatoms. The van der Waals surface area contributed by atoms with Crippen molar-refractivity contribution in [2.24, 2.45) is 0 Å². The Morgan fingerprint density at radius 2 is 1.44 bits per heavy atom. The van der Waals surface area contributed by atoms with E-state index in [0.29, 0.717) is 42.1 Å². The average molecular weight is 370 g/mol. The molecule has 27 heavy (non-hydrogen) atoms. The molecule has 2 rings (SSSR count). The highest BCUT2D eigenvalue weighted by atomic mass is 16.5. The van der Waals surface area contributed by atoms with Crippen molar-refractivity contribution in [1.82, 2.24) is 0 Å². The van der Waals surface area contributed by atoms with E-state index in [1.807, 2.05) is 13.8 Å². The molecule has 0 fully saturated rings. The lowest BCUT2D eigenvalue weighted by Crippen LogP contribution is -2.16. The molecular weight excluding hydrogens is 338 g/mol. The first kappa shape index (κ1) is 20.8. The third kappa shape index (κ3) is 5.03. The average Bonchev–Trinajstić information content (AvgIpc) is 2.63. The van der Waals surface area contributed by atoms with Crippen molar-refractivity contribution in [2.75, 3.05) is 18.5 Å². The molecule has 0 aliphatic carbocycles. The van der Waals surface area contributed by atoms with E-state index in [1.165, 1.54) is 0 Å². The van der Waals surface area contributed by atoms with E-state index in [4.69, 9.17) is 9.47 Å². The van der Waals surface area contributed by atoms with Crippen LogP contribution in [0.1, 0.15) is 74.9 Å². The second-order valence-electron chi connectivity index (χ2n) is 7.10. The zero-order valence-corrected chi connectivity index (χ0v) is 17.3. The number of hydrogen-bond acceptors (Lipinski definition) is 3. The standard InChI is InChI=1S/C23H31NO3/c1-7-26-20-13-12-17(14-21(20)27-8-2)23(25)24-22-18(15(3)4)10-9-11-19(22)16(5)6/h9-16H,7-8H2,1-6H3,(H,24,25).